The molecule has 23 heavy (non-hydrogen) atoms. The third-order valence-electron chi connectivity index (χ3n) is 4.69. The van der Waals surface area contributed by atoms with Gasteiger partial charge in [0.2, 0.25) is 0 Å². The molecule has 7 heteroatoms. The lowest BCUT2D eigenvalue weighted by molar-refractivity contribution is 0.0154. The fourth-order valence-electron chi connectivity index (χ4n) is 3.23. The minimum Gasteiger partial charge on any atom is -0.357 e. The predicted molar refractivity (Wildman–Crippen MR) is 96.2 cm³/mol. The lowest BCUT2D eigenvalue weighted by Crippen LogP contribution is -2.63. The molecular formula is C16H28N6S. The van der Waals surface area contributed by atoms with Crippen LogP contribution < -0.4 is 10.6 Å². The molecule has 1 aromatic heterocycles. The predicted octanol–water partition coefficient (Wildman–Crippen LogP) is 0.815. The number of aryl methyl sites for hydroxylation is 2. The van der Waals surface area contributed by atoms with E-state index in [9.17, 15) is 0 Å². The van der Waals surface area contributed by atoms with Gasteiger partial charge in [0.05, 0.1) is 12.2 Å². The number of thiazole rings is 1. The van der Waals surface area contributed by atoms with Gasteiger partial charge in [-0.3, -0.25) is 9.80 Å². The number of guanidine groups is 1. The molecule has 1 aromatic rings. The highest BCUT2D eigenvalue weighted by Crippen LogP contribution is 2.17. The highest BCUT2D eigenvalue weighted by atomic mass is 32.1. The quantitative estimate of drug-likeness (QED) is 0.616. The van der Waals surface area contributed by atoms with E-state index in [0.29, 0.717) is 12.6 Å². The van der Waals surface area contributed by atoms with Gasteiger partial charge in [0, 0.05) is 56.7 Å². The van der Waals surface area contributed by atoms with Crippen molar-refractivity contribution in [2.45, 2.75) is 33.4 Å². The van der Waals surface area contributed by atoms with Crippen LogP contribution in [0.3, 0.4) is 0 Å². The summed E-state index contributed by atoms with van der Waals surface area (Å²) in [5.74, 6) is 0.899. The van der Waals surface area contributed by atoms with Crippen molar-refractivity contribution in [1.82, 2.24) is 25.4 Å². The molecule has 3 aliphatic rings. The van der Waals surface area contributed by atoms with Crippen LogP contribution >= 0.6 is 11.3 Å². The Bertz CT molecular complexity index is 527. The maximum absolute atomic E-state index is 4.69. The standard InChI is InChI=1S/C16H28N6S/c1-4-17-16(19-10-15-20-12(2)13(3)23-15)18-9-14-11-21-5-7-22(14)8-6-21/h14H,4-11H2,1-3H3,(H2,17,18,19). The first-order chi connectivity index (χ1) is 11.2. The van der Waals surface area contributed by atoms with Gasteiger partial charge in [0.15, 0.2) is 5.96 Å². The average molecular weight is 337 g/mol. The number of aromatic nitrogens is 1. The summed E-state index contributed by atoms with van der Waals surface area (Å²) in [7, 11) is 0. The van der Waals surface area contributed by atoms with Gasteiger partial charge in [0.1, 0.15) is 5.01 Å². The smallest absolute Gasteiger partial charge is 0.191 e. The largest absolute Gasteiger partial charge is 0.357 e. The van der Waals surface area contributed by atoms with Gasteiger partial charge in [-0.25, -0.2) is 9.98 Å². The van der Waals surface area contributed by atoms with Gasteiger partial charge in [0.25, 0.3) is 0 Å². The van der Waals surface area contributed by atoms with Crippen LogP contribution in [0.25, 0.3) is 0 Å². The van der Waals surface area contributed by atoms with Crippen LogP contribution in [0, 0.1) is 13.8 Å². The third-order valence-corrected chi connectivity index (χ3v) is 5.74. The molecule has 0 radical (unpaired) electrons. The van der Waals surface area contributed by atoms with Crippen LogP contribution in [-0.4, -0.2) is 72.6 Å². The molecule has 0 saturated carbocycles. The Labute approximate surface area is 143 Å². The molecule has 4 rings (SSSR count). The highest BCUT2D eigenvalue weighted by molar-refractivity contribution is 7.11. The minimum absolute atomic E-state index is 0.603. The summed E-state index contributed by atoms with van der Waals surface area (Å²) in [6.45, 7) is 14.8. The first kappa shape index (κ1) is 16.7. The van der Waals surface area contributed by atoms with E-state index in [-0.39, 0.29) is 0 Å². The molecule has 1 unspecified atom stereocenters. The normalized spacial score (nSPS) is 27.3. The van der Waals surface area contributed by atoms with Crippen molar-refractivity contribution in [1.29, 1.82) is 0 Å². The summed E-state index contributed by atoms with van der Waals surface area (Å²) in [5.41, 5.74) is 1.12. The van der Waals surface area contributed by atoms with Crippen molar-refractivity contribution in [2.24, 2.45) is 4.99 Å². The van der Waals surface area contributed by atoms with E-state index in [1.165, 1.54) is 37.6 Å². The van der Waals surface area contributed by atoms with Crippen molar-refractivity contribution in [3.05, 3.63) is 15.6 Å². The van der Waals surface area contributed by atoms with Crippen molar-refractivity contribution >= 4 is 17.3 Å². The molecule has 3 saturated heterocycles. The first-order valence-corrected chi connectivity index (χ1v) is 9.39. The molecule has 0 aliphatic carbocycles. The van der Waals surface area contributed by atoms with E-state index < -0.39 is 0 Å². The summed E-state index contributed by atoms with van der Waals surface area (Å²) >= 11 is 1.74. The summed E-state index contributed by atoms with van der Waals surface area (Å²) in [4.78, 5) is 15.7. The van der Waals surface area contributed by atoms with Crippen LogP contribution in [0.15, 0.2) is 4.99 Å². The Balaban J connectivity index is 1.54. The van der Waals surface area contributed by atoms with Crippen LogP contribution in [0.5, 0.6) is 0 Å². The third kappa shape index (κ3) is 4.22. The van der Waals surface area contributed by atoms with Gasteiger partial charge >= 0.3 is 0 Å². The van der Waals surface area contributed by atoms with Crippen LogP contribution in [0.1, 0.15) is 22.5 Å². The molecule has 3 aliphatic heterocycles. The molecule has 3 fully saturated rings. The van der Waals surface area contributed by atoms with Gasteiger partial charge in [-0.15, -0.1) is 11.3 Å². The van der Waals surface area contributed by atoms with E-state index in [1.807, 2.05) is 0 Å². The molecule has 4 heterocycles. The SMILES string of the molecule is CCNC(=NCc1nc(C)c(C)s1)NCC1CN2CCN1CC2. The summed E-state index contributed by atoms with van der Waals surface area (Å²) in [5, 5.41) is 7.94. The summed E-state index contributed by atoms with van der Waals surface area (Å²) in [6, 6.07) is 0.603. The highest BCUT2D eigenvalue weighted by Gasteiger charge is 2.31. The molecule has 0 amide bonds. The maximum Gasteiger partial charge on any atom is 0.191 e. The molecule has 128 valence electrons. The molecule has 0 spiro atoms. The topological polar surface area (TPSA) is 55.8 Å². The lowest BCUT2D eigenvalue weighted by atomic mass is 10.1. The summed E-state index contributed by atoms with van der Waals surface area (Å²) in [6.07, 6.45) is 0. The molecule has 2 N–H and O–H groups in total. The van der Waals surface area contributed by atoms with E-state index in [4.69, 9.17) is 4.99 Å². The number of nitrogens with one attached hydrogen (secondary N) is 2. The van der Waals surface area contributed by atoms with Gasteiger partial charge < -0.3 is 10.6 Å². The zero-order valence-corrected chi connectivity index (χ0v) is 15.2. The zero-order valence-electron chi connectivity index (χ0n) is 14.4. The van der Waals surface area contributed by atoms with E-state index in [2.05, 4.69) is 46.2 Å². The van der Waals surface area contributed by atoms with Crippen molar-refractivity contribution < 1.29 is 0 Å². The van der Waals surface area contributed by atoms with E-state index >= 15 is 0 Å². The number of nitrogens with zero attached hydrogens (tertiary/aromatic N) is 4. The second-order valence-electron chi connectivity index (χ2n) is 6.32. The van der Waals surface area contributed by atoms with Crippen molar-refractivity contribution in [2.75, 3.05) is 45.8 Å². The molecule has 6 nitrogen and oxygen atoms in total. The van der Waals surface area contributed by atoms with Gasteiger partial charge in [-0.05, 0) is 20.8 Å². The van der Waals surface area contributed by atoms with Crippen LogP contribution in [0.4, 0.5) is 0 Å². The Hall–Kier alpha value is -1.18. The number of hydrogen-bond acceptors (Lipinski definition) is 5. The van der Waals surface area contributed by atoms with Crippen molar-refractivity contribution in [3.8, 4) is 0 Å². The van der Waals surface area contributed by atoms with Crippen molar-refractivity contribution in [3.63, 3.8) is 0 Å². The fourth-order valence-corrected chi connectivity index (χ4v) is 4.09. The number of hydrogen-bond donors (Lipinski definition) is 2. The molecular weight excluding hydrogens is 308 g/mol. The van der Waals surface area contributed by atoms with Crippen LogP contribution in [-0.2, 0) is 6.54 Å². The lowest BCUT2D eigenvalue weighted by Gasteiger charge is -2.47. The maximum atomic E-state index is 4.69. The Morgan fingerprint density at radius 2 is 2.04 bits per heavy atom. The number of aliphatic imine (C=N–C) groups is 1. The molecule has 0 aromatic carbocycles. The second kappa shape index (κ2) is 7.59. The number of fused-ring (bicyclic) bond motifs is 3. The monoisotopic (exact) mass is 336 g/mol. The fraction of sp³-hybridized carbons (Fsp3) is 0.750. The second-order valence-corrected chi connectivity index (χ2v) is 7.60. The molecule has 2 bridgehead atoms. The first-order valence-electron chi connectivity index (χ1n) is 8.57. The Kier molecular flexibility index (Phi) is 5.50. The molecule has 1 atom stereocenters. The van der Waals surface area contributed by atoms with Gasteiger partial charge in [-0.1, -0.05) is 0 Å². The Morgan fingerprint density at radius 1 is 1.26 bits per heavy atom. The van der Waals surface area contributed by atoms with E-state index in [0.717, 1.165) is 29.8 Å². The zero-order chi connectivity index (χ0) is 16.2. The van der Waals surface area contributed by atoms with Crippen LogP contribution in [0.2, 0.25) is 0 Å². The Morgan fingerprint density at radius 3 is 2.61 bits per heavy atom. The minimum atomic E-state index is 0.603. The summed E-state index contributed by atoms with van der Waals surface area (Å²) < 4.78 is 0. The number of piperazine rings is 3. The van der Waals surface area contributed by atoms with E-state index in [1.54, 1.807) is 11.3 Å². The van der Waals surface area contributed by atoms with Gasteiger partial charge in [-0.2, -0.15) is 0 Å². The average Bonchev–Trinajstić information content (AvgIpc) is 2.89. The number of rotatable bonds is 5.